The second-order valence-corrected chi connectivity index (χ2v) is 10.1. The minimum Gasteiger partial charge on any atom is -0.480 e. The van der Waals surface area contributed by atoms with Crippen molar-refractivity contribution in [2.45, 2.75) is 76.1 Å². The standard InChI is InChI=1S/C25H34F3N3O5/c26-25(27,28)24(8-12-35-13-9-24)23(34)31-20(22(32)33)7-11-36-19-14-16(15-19)3-5-18-6-4-17-2-1-10-29-21(17)30-18/h4,6,16,19-20H,1-3,5,7-15H2,(H,29,30)(H,31,34)(H,32,33)/t16-,19+,20-/m0/s1. The molecule has 3 aliphatic rings. The molecule has 0 spiro atoms. The minimum atomic E-state index is -4.79. The third-order valence-electron chi connectivity index (χ3n) is 7.64. The SMILES string of the molecule is O=C(O)[C@H](CCO[C@H]1C[C@@H](CCc2ccc3c(n2)NCCC3)C1)NC(=O)C1(C(F)(F)F)CCOCC1. The lowest BCUT2D eigenvalue weighted by Crippen LogP contribution is -2.57. The number of fused-ring (bicyclic) bond motifs is 1. The Balaban J connectivity index is 1.18. The van der Waals surface area contributed by atoms with Gasteiger partial charge in [0, 0.05) is 38.5 Å². The number of rotatable bonds is 10. The zero-order valence-electron chi connectivity index (χ0n) is 20.2. The van der Waals surface area contributed by atoms with Crippen LogP contribution in [0.4, 0.5) is 19.0 Å². The number of ether oxygens (including phenoxy) is 2. The summed E-state index contributed by atoms with van der Waals surface area (Å²) in [6.45, 7) is 0.608. The van der Waals surface area contributed by atoms with E-state index >= 15 is 0 Å². The number of carboxylic acids is 1. The second-order valence-electron chi connectivity index (χ2n) is 10.1. The topological polar surface area (TPSA) is 110 Å². The highest BCUT2D eigenvalue weighted by Crippen LogP contribution is 2.46. The number of amides is 1. The van der Waals surface area contributed by atoms with Gasteiger partial charge in [0.05, 0.1) is 6.10 Å². The maximum absolute atomic E-state index is 13.7. The van der Waals surface area contributed by atoms with Crippen LogP contribution in [0.3, 0.4) is 0 Å². The van der Waals surface area contributed by atoms with Crippen molar-refractivity contribution in [1.82, 2.24) is 10.3 Å². The van der Waals surface area contributed by atoms with E-state index in [1.165, 1.54) is 5.56 Å². The number of aryl methyl sites for hydroxylation is 2. The van der Waals surface area contributed by atoms with Crippen LogP contribution in [0.15, 0.2) is 12.1 Å². The molecule has 2 fully saturated rings. The van der Waals surface area contributed by atoms with Crippen LogP contribution in [-0.2, 0) is 31.9 Å². The first kappa shape index (κ1) is 26.7. The van der Waals surface area contributed by atoms with Crippen molar-refractivity contribution < 1.29 is 37.3 Å². The molecule has 1 aromatic heterocycles. The van der Waals surface area contributed by atoms with E-state index in [-0.39, 0.29) is 32.3 Å². The highest BCUT2D eigenvalue weighted by molar-refractivity contribution is 5.88. The van der Waals surface area contributed by atoms with Gasteiger partial charge < -0.3 is 25.2 Å². The van der Waals surface area contributed by atoms with Crippen molar-refractivity contribution in [3.8, 4) is 0 Å². The lowest BCUT2D eigenvalue weighted by Gasteiger charge is -2.38. The summed E-state index contributed by atoms with van der Waals surface area (Å²) in [4.78, 5) is 28.9. The molecular weight excluding hydrogens is 479 g/mol. The van der Waals surface area contributed by atoms with E-state index in [0.717, 1.165) is 56.6 Å². The van der Waals surface area contributed by atoms with Crippen LogP contribution in [0.2, 0.25) is 0 Å². The van der Waals surface area contributed by atoms with Crippen molar-refractivity contribution in [2.24, 2.45) is 11.3 Å². The van der Waals surface area contributed by atoms with E-state index in [2.05, 4.69) is 22.8 Å². The predicted molar refractivity (Wildman–Crippen MR) is 125 cm³/mol. The third-order valence-corrected chi connectivity index (χ3v) is 7.64. The summed E-state index contributed by atoms with van der Waals surface area (Å²) in [6.07, 6.45) is -0.176. The van der Waals surface area contributed by atoms with Gasteiger partial charge in [-0.05, 0) is 68.9 Å². The number of aliphatic carboxylic acids is 1. The second kappa shape index (κ2) is 11.3. The summed E-state index contributed by atoms with van der Waals surface area (Å²) in [7, 11) is 0. The van der Waals surface area contributed by atoms with Gasteiger partial charge >= 0.3 is 12.1 Å². The molecule has 8 nitrogen and oxygen atoms in total. The van der Waals surface area contributed by atoms with Gasteiger partial charge in [-0.3, -0.25) is 4.79 Å². The molecule has 2 aliphatic heterocycles. The summed E-state index contributed by atoms with van der Waals surface area (Å²) in [5.41, 5.74) is -0.294. The Hall–Kier alpha value is -2.40. The Morgan fingerprint density at radius 1 is 1.28 bits per heavy atom. The number of nitrogens with one attached hydrogen (secondary N) is 2. The van der Waals surface area contributed by atoms with E-state index in [0.29, 0.717) is 5.92 Å². The monoisotopic (exact) mass is 513 g/mol. The summed E-state index contributed by atoms with van der Waals surface area (Å²) < 4.78 is 51.8. The zero-order chi connectivity index (χ0) is 25.8. The summed E-state index contributed by atoms with van der Waals surface area (Å²) in [5.74, 6) is -1.20. The fourth-order valence-electron chi connectivity index (χ4n) is 5.17. The van der Waals surface area contributed by atoms with Crippen LogP contribution in [0.5, 0.6) is 0 Å². The van der Waals surface area contributed by atoms with Crippen LogP contribution in [0.1, 0.15) is 56.2 Å². The normalized spacial score (nSPS) is 24.1. The molecule has 36 heavy (non-hydrogen) atoms. The van der Waals surface area contributed by atoms with Gasteiger partial charge in [-0.25, -0.2) is 9.78 Å². The van der Waals surface area contributed by atoms with Crippen LogP contribution >= 0.6 is 0 Å². The Morgan fingerprint density at radius 3 is 2.72 bits per heavy atom. The van der Waals surface area contributed by atoms with E-state index < -0.39 is 42.4 Å². The van der Waals surface area contributed by atoms with E-state index in [1.54, 1.807) is 0 Å². The van der Waals surface area contributed by atoms with Crippen LogP contribution in [0, 0.1) is 11.3 Å². The number of carboxylic acid groups (broad SMARTS) is 1. The molecule has 1 saturated heterocycles. The van der Waals surface area contributed by atoms with Crippen LogP contribution < -0.4 is 10.6 Å². The lowest BCUT2D eigenvalue weighted by molar-refractivity contribution is -0.240. The quantitative estimate of drug-likeness (QED) is 0.439. The van der Waals surface area contributed by atoms with E-state index in [9.17, 15) is 27.9 Å². The maximum atomic E-state index is 13.7. The molecule has 11 heteroatoms. The Morgan fingerprint density at radius 2 is 2.03 bits per heavy atom. The summed E-state index contributed by atoms with van der Waals surface area (Å²) in [6, 6.07) is 2.79. The first-order chi connectivity index (χ1) is 17.2. The third kappa shape index (κ3) is 6.11. The number of alkyl halides is 3. The summed E-state index contributed by atoms with van der Waals surface area (Å²) in [5, 5.41) is 14.9. The molecule has 0 unspecified atom stereocenters. The van der Waals surface area contributed by atoms with Gasteiger partial charge in [0.25, 0.3) is 0 Å². The van der Waals surface area contributed by atoms with Gasteiger partial charge in [0.15, 0.2) is 0 Å². The average Bonchev–Trinajstić information content (AvgIpc) is 2.83. The number of hydrogen-bond acceptors (Lipinski definition) is 6. The van der Waals surface area contributed by atoms with Gasteiger partial charge in [0.2, 0.25) is 5.91 Å². The Labute approximate surface area is 208 Å². The molecular formula is C25H34F3N3O5. The number of aromatic nitrogens is 1. The number of anilines is 1. The number of carbonyl (C=O) groups is 2. The number of pyridine rings is 1. The fraction of sp³-hybridized carbons (Fsp3) is 0.720. The fourth-order valence-corrected chi connectivity index (χ4v) is 5.17. The van der Waals surface area contributed by atoms with E-state index in [1.807, 2.05) is 0 Å². The van der Waals surface area contributed by atoms with Crippen molar-refractivity contribution in [3.63, 3.8) is 0 Å². The maximum Gasteiger partial charge on any atom is 0.403 e. The molecule has 200 valence electrons. The molecule has 3 N–H and O–H groups in total. The molecule has 4 rings (SSSR count). The largest absolute Gasteiger partial charge is 0.480 e. The molecule has 1 amide bonds. The number of halogens is 3. The van der Waals surface area contributed by atoms with Crippen molar-refractivity contribution in [3.05, 3.63) is 23.4 Å². The van der Waals surface area contributed by atoms with Gasteiger partial charge in [-0.1, -0.05) is 6.07 Å². The highest BCUT2D eigenvalue weighted by Gasteiger charge is 2.60. The molecule has 0 radical (unpaired) electrons. The zero-order valence-corrected chi connectivity index (χ0v) is 20.2. The van der Waals surface area contributed by atoms with Crippen LogP contribution in [-0.4, -0.2) is 66.7 Å². The first-order valence-corrected chi connectivity index (χ1v) is 12.7. The smallest absolute Gasteiger partial charge is 0.403 e. The van der Waals surface area contributed by atoms with Crippen molar-refractivity contribution in [1.29, 1.82) is 0 Å². The highest BCUT2D eigenvalue weighted by atomic mass is 19.4. The van der Waals surface area contributed by atoms with Gasteiger partial charge in [-0.2, -0.15) is 13.2 Å². The lowest BCUT2D eigenvalue weighted by atomic mass is 9.78. The number of nitrogens with zero attached hydrogens (tertiary/aromatic N) is 1. The molecule has 3 heterocycles. The van der Waals surface area contributed by atoms with Crippen molar-refractivity contribution >= 4 is 17.7 Å². The van der Waals surface area contributed by atoms with E-state index in [4.69, 9.17) is 14.5 Å². The average molecular weight is 514 g/mol. The van der Waals surface area contributed by atoms with Crippen LogP contribution in [0.25, 0.3) is 0 Å². The minimum absolute atomic E-state index is 0.00434. The molecule has 1 saturated carbocycles. The Kier molecular flexibility index (Phi) is 8.39. The molecule has 0 aromatic carbocycles. The number of carbonyl (C=O) groups excluding carboxylic acids is 1. The first-order valence-electron chi connectivity index (χ1n) is 12.7. The number of hydrogen-bond donors (Lipinski definition) is 3. The predicted octanol–water partition coefficient (Wildman–Crippen LogP) is 3.49. The molecule has 1 aromatic rings. The molecule has 1 atom stereocenters. The Bertz CT molecular complexity index is 930. The van der Waals surface area contributed by atoms with Crippen molar-refractivity contribution in [2.75, 3.05) is 31.7 Å². The molecule has 1 aliphatic carbocycles. The van der Waals surface area contributed by atoms with Gasteiger partial charge in [-0.15, -0.1) is 0 Å². The molecule has 0 bridgehead atoms. The van der Waals surface area contributed by atoms with Gasteiger partial charge in [0.1, 0.15) is 17.3 Å². The summed E-state index contributed by atoms with van der Waals surface area (Å²) >= 11 is 0.